The fraction of sp³-hybridized carbons (Fsp3) is 0. The normalized spacial score (nSPS) is 12.3. The van der Waals surface area contributed by atoms with E-state index in [1.165, 1.54) is 122 Å². The largest absolute Gasteiger partial charge is 0.135 e. The van der Waals surface area contributed by atoms with E-state index in [4.69, 9.17) is 0 Å². The summed E-state index contributed by atoms with van der Waals surface area (Å²) < 4.78 is 13.9. The lowest BCUT2D eigenvalue weighted by molar-refractivity contribution is 1.70. The Morgan fingerprint density at radius 1 is 0.232 bits per heavy atom. The molecular formula is C50H26S6. The number of thiophene rings is 6. The monoisotopic (exact) mass is 818 g/mol. The minimum absolute atomic E-state index is 1.28. The van der Waals surface area contributed by atoms with Gasteiger partial charge in [0.25, 0.3) is 0 Å². The van der Waals surface area contributed by atoms with E-state index in [1.54, 1.807) is 0 Å². The van der Waals surface area contributed by atoms with Crippen molar-refractivity contribution in [3.05, 3.63) is 158 Å². The van der Waals surface area contributed by atoms with Crippen LogP contribution < -0.4 is 0 Å². The van der Waals surface area contributed by atoms with Gasteiger partial charge in [0.05, 0.1) is 18.8 Å². The fourth-order valence-corrected chi connectivity index (χ4v) is 15.9. The molecule has 56 heavy (non-hydrogen) atoms. The molecule has 13 rings (SSSR count). The average Bonchev–Trinajstić information content (AvgIpc) is 4.10. The highest BCUT2D eigenvalue weighted by molar-refractivity contribution is 7.38. The Hall–Kier alpha value is -5.18. The van der Waals surface area contributed by atoms with Crippen molar-refractivity contribution >= 4 is 147 Å². The van der Waals surface area contributed by atoms with Crippen LogP contribution in [-0.2, 0) is 0 Å². The van der Waals surface area contributed by atoms with Gasteiger partial charge in [-0.15, -0.1) is 68.0 Å². The van der Waals surface area contributed by atoms with Gasteiger partial charge in [-0.25, -0.2) is 0 Å². The van der Waals surface area contributed by atoms with Crippen molar-refractivity contribution in [2.75, 3.05) is 0 Å². The molecule has 0 aliphatic heterocycles. The van der Waals surface area contributed by atoms with Crippen LogP contribution in [0.2, 0.25) is 0 Å². The SMILES string of the molecule is c1ccc(-c2cc3ccc(-c4ccc5c(c4)sc4c6cc7sc8c9ccc(-c%10ccc%11cc(-c%12ccccc%12)sc%11c%10)cc9sc8c7cc6sc54)cc3s2)cc1. The Morgan fingerprint density at radius 3 is 1.02 bits per heavy atom. The molecule has 6 aromatic heterocycles. The average molecular weight is 819 g/mol. The summed E-state index contributed by atoms with van der Waals surface area (Å²) in [6.07, 6.45) is 0. The quantitative estimate of drug-likeness (QED) is 0.166. The molecule has 0 bridgehead atoms. The van der Waals surface area contributed by atoms with Crippen LogP contribution in [0.1, 0.15) is 0 Å². The van der Waals surface area contributed by atoms with Crippen LogP contribution in [0.25, 0.3) is 122 Å². The smallest absolute Gasteiger partial charge is 0.0542 e. The zero-order chi connectivity index (χ0) is 36.5. The topological polar surface area (TPSA) is 0 Å². The van der Waals surface area contributed by atoms with Crippen LogP contribution in [0.5, 0.6) is 0 Å². The Bertz CT molecular complexity index is 3450. The van der Waals surface area contributed by atoms with E-state index in [-0.39, 0.29) is 0 Å². The summed E-state index contributed by atoms with van der Waals surface area (Å²) in [6.45, 7) is 0. The Kier molecular flexibility index (Phi) is 6.94. The number of rotatable bonds is 4. The zero-order valence-electron chi connectivity index (χ0n) is 29.5. The summed E-state index contributed by atoms with van der Waals surface area (Å²) in [7, 11) is 0. The second-order valence-corrected chi connectivity index (χ2v) is 20.8. The minimum atomic E-state index is 1.28. The number of benzene rings is 7. The van der Waals surface area contributed by atoms with Gasteiger partial charge in [0.15, 0.2) is 0 Å². The summed E-state index contributed by atoms with van der Waals surface area (Å²) in [5, 5.41) is 8.16. The van der Waals surface area contributed by atoms with Crippen molar-refractivity contribution in [1.82, 2.24) is 0 Å². The van der Waals surface area contributed by atoms with E-state index in [0.29, 0.717) is 0 Å². The molecular weight excluding hydrogens is 793 g/mol. The van der Waals surface area contributed by atoms with E-state index in [0.717, 1.165) is 0 Å². The molecule has 6 heterocycles. The summed E-state index contributed by atoms with van der Waals surface area (Å²) >= 11 is 11.6. The summed E-state index contributed by atoms with van der Waals surface area (Å²) in [4.78, 5) is 2.64. The lowest BCUT2D eigenvalue weighted by Crippen LogP contribution is -1.76. The molecule has 0 spiro atoms. The number of hydrogen-bond donors (Lipinski definition) is 0. The van der Waals surface area contributed by atoms with Gasteiger partial charge in [-0.05, 0) is 92.7 Å². The molecule has 13 aromatic rings. The van der Waals surface area contributed by atoms with E-state index >= 15 is 0 Å². The Balaban J connectivity index is 0.857. The molecule has 0 unspecified atom stereocenters. The van der Waals surface area contributed by atoms with Gasteiger partial charge in [0, 0.05) is 59.5 Å². The van der Waals surface area contributed by atoms with Gasteiger partial charge in [0.1, 0.15) is 0 Å². The van der Waals surface area contributed by atoms with Gasteiger partial charge in [0.2, 0.25) is 0 Å². The van der Waals surface area contributed by atoms with Crippen molar-refractivity contribution in [2.45, 2.75) is 0 Å². The van der Waals surface area contributed by atoms with E-state index in [1.807, 2.05) is 68.0 Å². The molecule has 0 radical (unpaired) electrons. The van der Waals surface area contributed by atoms with Crippen molar-refractivity contribution in [3.63, 3.8) is 0 Å². The van der Waals surface area contributed by atoms with Gasteiger partial charge >= 0.3 is 0 Å². The lowest BCUT2D eigenvalue weighted by atomic mass is 10.0. The Morgan fingerprint density at radius 2 is 0.589 bits per heavy atom. The van der Waals surface area contributed by atoms with Crippen LogP contribution >= 0.6 is 68.0 Å². The van der Waals surface area contributed by atoms with E-state index in [2.05, 4.69) is 158 Å². The predicted octanol–water partition coefficient (Wildman–Crippen LogP) is 17.9. The number of fused-ring (bicyclic) bond motifs is 12. The summed E-state index contributed by atoms with van der Waals surface area (Å²) in [6, 6.07) is 59.1. The van der Waals surface area contributed by atoms with Gasteiger partial charge in [-0.3, -0.25) is 0 Å². The first-order chi connectivity index (χ1) is 27.7. The highest BCUT2D eigenvalue weighted by Gasteiger charge is 2.19. The third kappa shape index (κ3) is 4.91. The summed E-state index contributed by atoms with van der Waals surface area (Å²) in [5.74, 6) is 0. The predicted molar refractivity (Wildman–Crippen MR) is 255 cm³/mol. The maximum absolute atomic E-state index is 2.48. The second kappa shape index (κ2) is 12.2. The molecule has 0 aliphatic rings. The van der Waals surface area contributed by atoms with Gasteiger partial charge in [-0.2, -0.15) is 0 Å². The molecule has 0 nitrogen and oxygen atoms in total. The molecule has 0 atom stereocenters. The van der Waals surface area contributed by atoms with Crippen LogP contribution in [-0.4, -0.2) is 0 Å². The fourth-order valence-electron chi connectivity index (χ4n) is 8.28. The molecule has 0 N–H and O–H groups in total. The van der Waals surface area contributed by atoms with Crippen molar-refractivity contribution in [1.29, 1.82) is 0 Å². The first-order valence-electron chi connectivity index (χ1n) is 18.5. The molecule has 262 valence electrons. The first kappa shape index (κ1) is 32.0. The third-order valence-electron chi connectivity index (χ3n) is 11.1. The second-order valence-electron chi connectivity index (χ2n) is 14.4. The van der Waals surface area contributed by atoms with Crippen LogP contribution in [0.3, 0.4) is 0 Å². The molecule has 0 fully saturated rings. The maximum atomic E-state index is 2.48. The van der Waals surface area contributed by atoms with Crippen molar-refractivity contribution in [3.8, 4) is 43.1 Å². The highest BCUT2D eigenvalue weighted by Crippen LogP contribution is 2.51. The molecule has 0 aliphatic carbocycles. The van der Waals surface area contributed by atoms with Gasteiger partial charge in [-0.1, -0.05) is 109 Å². The number of hydrogen-bond acceptors (Lipinski definition) is 6. The zero-order valence-corrected chi connectivity index (χ0v) is 34.4. The third-order valence-corrected chi connectivity index (χ3v) is 18.4. The van der Waals surface area contributed by atoms with E-state index < -0.39 is 0 Å². The molecule has 7 aromatic carbocycles. The molecule has 0 saturated carbocycles. The first-order valence-corrected chi connectivity index (χ1v) is 23.4. The highest BCUT2D eigenvalue weighted by atomic mass is 32.1. The van der Waals surface area contributed by atoms with E-state index in [9.17, 15) is 0 Å². The standard InChI is InChI=1S/C50H26S6/c1-3-7-27(8-4-1)39-23-33-13-11-29(19-41(33)51-39)31-15-17-35-43(21-31)53-49-37-25-46-38(26-45(37)55-47(35)49)50-48(56-46)36-18-16-32(22-44(36)54-50)30-12-14-34-24-40(52-42(34)20-30)28-9-5-2-6-10-28/h1-26H. The van der Waals surface area contributed by atoms with Crippen LogP contribution in [0, 0.1) is 0 Å². The Labute approximate surface area is 345 Å². The van der Waals surface area contributed by atoms with Gasteiger partial charge < -0.3 is 0 Å². The minimum Gasteiger partial charge on any atom is -0.135 e. The molecule has 0 saturated heterocycles. The van der Waals surface area contributed by atoms with Crippen LogP contribution in [0.4, 0.5) is 0 Å². The molecule has 6 heteroatoms. The lowest BCUT2D eigenvalue weighted by Gasteiger charge is -2.02. The molecule has 0 amide bonds. The summed E-state index contributed by atoms with van der Waals surface area (Å²) in [5.41, 5.74) is 7.70. The van der Waals surface area contributed by atoms with Crippen molar-refractivity contribution in [2.24, 2.45) is 0 Å². The maximum Gasteiger partial charge on any atom is 0.0542 e. The van der Waals surface area contributed by atoms with Crippen LogP contribution in [0.15, 0.2) is 158 Å². The van der Waals surface area contributed by atoms with Crippen molar-refractivity contribution < 1.29 is 0 Å².